The van der Waals surface area contributed by atoms with Crippen molar-refractivity contribution in [3.8, 4) is 17.6 Å². The Kier molecular flexibility index (Phi) is 18.2. The minimum atomic E-state index is -0.535. The van der Waals surface area contributed by atoms with E-state index in [0.29, 0.717) is 12.8 Å². The average Bonchev–Trinajstić information content (AvgIpc) is 3.11. The highest BCUT2D eigenvalue weighted by Crippen LogP contribution is 2.23. The molecule has 3 atom stereocenters. The molecule has 0 saturated carbocycles. The Morgan fingerprint density at radius 2 is 1.57 bits per heavy atom. The number of benzene rings is 4. The predicted molar refractivity (Wildman–Crippen MR) is 195 cm³/mol. The zero-order valence-electron chi connectivity index (χ0n) is 27.9. The first-order valence-corrected chi connectivity index (χ1v) is 16.5. The largest absolute Gasteiger partial charge is 0.481 e. The van der Waals surface area contributed by atoms with Crippen molar-refractivity contribution < 1.29 is 18.7 Å². The summed E-state index contributed by atoms with van der Waals surface area (Å²) in [4.78, 5) is 23.3. The third-order valence-electron chi connectivity index (χ3n) is 6.83. The van der Waals surface area contributed by atoms with Crippen molar-refractivity contribution >= 4 is 27.1 Å². The molecule has 0 aliphatic rings. The van der Waals surface area contributed by atoms with Crippen molar-refractivity contribution in [1.29, 1.82) is 0 Å². The van der Waals surface area contributed by atoms with Crippen molar-refractivity contribution in [2.24, 2.45) is 5.92 Å². The van der Waals surface area contributed by atoms with Crippen LogP contribution >= 0.6 is 9.24 Å². The summed E-state index contributed by atoms with van der Waals surface area (Å²) in [5, 5.41) is 9.02. The monoisotopic (exact) mass is 655 g/mol. The van der Waals surface area contributed by atoms with Crippen LogP contribution in [0.1, 0.15) is 55.7 Å². The molecule has 0 heterocycles. The maximum atomic E-state index is 12.3. The Labute approximate surface area is 282 Å². The molecule has 4 rings (SSSR count). The number of rotatable bonds is 13. The Balaban J connectivity index is 0.000000594. The van der Waals surface area contributed by atoms with Crippen LogP contribution in [0.15, 0.2) is 103 Å². The summed E-state index contributed by atoms with van der Waals surface area (Å²) in [6.07, 6.45) is 1.02. The number of nitrogens with one attached hydrogen (secondary N) is 3. The molecule has 0 bridgehead atoms. The molecule has 0 spiro atoms. The maximum Gasteiger partial charge on any atom is 0.207 e. The van der Waals surface area contributed by atoms with E-state index < -0.39 is 6.04 Å². The molecular weight excluding hydrogens is 608 g/mol. The van der Waals surface area contributed by atoms with E-state index in [9.17, 15) is 14.0 Å². The van der Waals surface area contributed by atoms with E-state index in [4.69, 9.17) is 4.74 Å². The topological polar surface area (TPSA) is 79.5 Å². The standard InChI is InChI=1S/C30H33N2O3P.C7H8FN.C2H6/c1-22(2)29(34)28(32-21-33)19-25-11-6-10-23(18-25)12-7-17-35-27-15-13-26(14-16-27)30(36)31-20-24-8-4-3-5-9-24;1-9-7-4-2-6(8)3-5-7;1-2/h3-6,8-11,13-16,18,21-22,28,30-31H,17,19-20,36H2,1-2H3,(H,32,33);2-5,9H,1H3;1-2H3. The van der Waals surface area contributed by atoms with Gasteiger partial charge in [-0.3, -0.25) is 9.59 Å². The summed E-state index contributed by atoms with van der Waals surface area (Å²) in [6, 6.07) is 31.7. The Morgan fingerprint density at radius 3 is 2.19 bits per heavy atom. The van der Waals surface area contributed by atoms with Gasteiger partial charge in [0.05, 0.1) is 6.04 Å². The second kappa shape index (κ2) is 22.1. The smallest absolute Gasteiger partial charge is 0.207 e. The molecule has 3 unspecified atom stereocenters. The zero-order chi connectivity index (χ0) is 34.4. The molecule has 47 heavy (non-hydrogen) atoms. The highest BCUT2D eigenvalue weighted by atomic mass is 31.0. The number of ether oxygens (including phenoxy) is 1. The number of Topliss-reactive ketones (excluding diaryl/α,β-unsaturated/α-hetero) is 1. The first-order chi connectivity index (χ1) is 22.8. The van der Waals surface area contributed by atoms with E-state index in [-0.39, 0.29) is 29.9 Å². The number of ketones is 1. The molecular formula is C39H47FN3O3P. The molecule has 0 fully saturated rings. The van der Waals surface area contributed by atoms with Gasteiger partial charge in [0.2, 0.25) is 6.41 Å². The minimum Gasteiger partial charge on any atom is -0.481 e. The van der Waals surface area contributed by atoms with Crippen LogP contribution in [-0.2, 0) is 22.6 Å². The zero-order valence-corrected chi connectivity index (χ0v) is 29.1. The van der Waals surface area contributed by atoms with Crippen molar-refractivity contribution in [3.63, 3.8) is 0 Å². The van der Waals surface area contributed by atoms with E-state index in [1.807, 2.05) is 94.4 Å². The van der Waals surface area contributed by atoms with Crippen LogP contribution in [0.2, 0.25) is 0 Å². The van der Waals surface area contributed by atoms with Gasteiger partial charge in [-0.15, -0.1) is 9.24 Å². The Bertz CT molecular complexity index is 1540. The van der Waals surface area contributed by atoms with Crippen LogP contribution in [0.25, 0.3) is 0 Å². The third kappa shape index (κ3) is 14.6. The summed E-state index contributed by atoms with van der Waals surface area (Å²) in [5.74, 6) is 6.72. The van der Waals surface area contributed by atoms with Gasteiger partial charge in [-0.25, -0.2) is 4.39 Å². The number of hydrogen-bond acceptors (Lipinski definition) is 5. The fourth-order valence-electron chi connectivity index (χ4n) is 4.32. The second-order valence-electron chi connectivity index (χ2n) is 10.6. The Hall–Kier alpha value is -4.50. The molecule has 0 radical (unpaired) electrons. The SMILES string of the molecule is CC.CC(C)C(=O)C(Cc1cccc(C#CCOc2ccc(C(P)NCc3ccccc3)cc2)c1)NC=O.CNc1ccc(F)cc1. The van der Waals surface area contributed by atoms with Crippen LogP contribution in [0.4, 0.5) is 10.1 Å². The Morgan fingerprint density at radius 1 is 0.915 bits per heavy atom. The van der Waals surface area contributed by atoms with Gasteiger partial charge < -0.3 is 20.7 Å². The fourth-order valence-corrected chi connectivity index (χ4v) is 4.67. The number of amides is 1. The van der Waals surface area contributed by atoms with Crippen molar-refractivity contribution in [2.45, 2.75) is 52.5 Å². The first kappa shape index (κ1) is 38.7. The second-order valence-corrected chi connectivity index (χ2v) is 11.2. The fraction of sp³-hybridized carbons (Fsp3) is 0.282. The molecule has 0 aromatic heterocycles. The molecule has 1 amide bonds. The lowest BCUT2D eigenvalue weighted by Gasteiger charge is -2.17. The quantitative estimate of drug-likeness (QED) is 0.0788. The number of hydrogen-bond donors (Lipinski definition) is 3. The van der Waals surface area contributed by atoms with E-state index >= 15 is 0 Å². The number of anilines is 1. The van der Waals surface area contributed by atoms with Gasteiger partial charge in [0.25, 0.3) is 0 Å². The first-order valence-electron chi connectivity index (χ1n) is 15.8. The van der Waals surface area contributed by atoms with Gasteiger partial charge in [0, 0.05) is 36.5 Å². The molecule has 0 aliphatic carbocycles. The van der Waals surface area contributed by atoms with Gasteiger partial charge >= 0.3 is 0 Å². The van der Waals surface area contributed by atoms with Crippen molar-refractivity contribution in [1.82, 2.24) is 10.6 Å². The maximum absolute atomic E-state index is 12.3. The lowest BCUT2D eigenvalue weighted by Crippen LogP contribution is -2.40. The van der Waals surface area contributed by atoms with E-state index in [2.05, 4.69) is 49.2 Å². The highest BCUT2D eigenvalue weighted by Gasteiger charge is 2.20. The van der Waals surface area contributed by atoms with E-state index in [1.54, 1.807) is 19.2 Å². The van der Waals surface area contributed by atoms with Crippen LogP contribution < -0.4 is 20.7 Å². The van der Waals surface area contributed by atoms with Gasteiger partial charge in [0.15, 0.2) is 5.78 Å². The summed E-state index contributed by atoms with van der Waals surface area (Å²) in [7, 11) is 4.63. The van der Waals surface area contributed by atoms with Crippen LogP contribution in [-0.4, -0.2) is 31.9 Å². The van der Waals surface area contributed by atoms with Gasteiger partial charge in [0.1, 0.15) is 18.2 Å². The van der Waals surface area contributed by atoms with Crippen LogP contribution in [0.5, 0.6) is 5.75 Å². The van der Waals surface area contributed by atoms with Crippen molar-refractivity contribution in [2.75, 3.05) is 19.0 Å². The molecule has 8 heteroatoms. The molecule has 3 N–H and O–H groups in total. The van der Waals surface area contributed by atoms with E-state index in [0.717, 1.165) is 34.7 Å². The normalized spacial score (nSPS) is 11.2. The number of halogens is 1. The van der Waals surface area contributed by atoms with Gasteiger partial charge in [-0.2, -0.15) is 0 Å². The molecule has 6 nitrogen and oxygen atoms in total. The van der Waals surface area contributed by atoms with Crippen LogP contribution in [0.3, 0.4) is 0 Å². The predicted octanol–water partition coefficient (Wildman–Crippen LogP) is 7.56. The van der Waals surface area contributed by atoms with Crippen LogP contribution in [0, 0.1) is 23.6 Å². The summed E-state index contributed by atoms with van der Waals surface area (Å²) < 4.78 is 18.0. The number of carbonyl (C=O) groups is 2. The molecule has 4 aromatic rings. The highest BCUT2D eigenvalue weighted by molar-refractivity contribution is 7.17. The molecule has 0 saturated heterocycles. The minimum absolute atomic E-state index is 0.0120. The lowest BCUT2D eigenvalue weighted by atomic mass is 9.95. The molecule has 4 aromatic carbocycles. The van der Waals surface area contributed by atoms with Crippen molar-refractivity contribution in [3.05, 3.63) is 131 Å². The third-order valence-corrected chi connectivity index (χ3v) is 7.45. The number of carbonyl (C=O) groups excluding carboxylic acids is 2. The summed E-state index contributed by atoms with van der Waals surface area (Å²) in [6.45, 7) is 8.73. The van der Waals surface area contributed by atoms with E-state index in [1.165, 1.54) is 17.7 Å². The van der Waals surface area contributed by atoms with Gasteiger partial charge in [-0.05, 0) is 71.6 Å². The summed E-state index contributed by atoms with van der Waals surface area (Å²) >= 11 is 0. The average molecular weight is 656 g/mol. The van der Waals surface area contributed by atoms with Gasteiger partial charge in [-0.1, -0.05) is 94.1 Å². The summed E-state index contributed by atoms with van der Waals surface area (Å²) in [5.41, 5.74) is 5.11. The lowest BCUT2D eigenvalue weighted by molar-refractivity contribution is -0.126. The molecule has 0 aliphatic heterocycles. The molecule has 248 valence electrons.